The van der Waals surface area contributed by atoms with Crippen LogP contribution in [0.15, 0.2) is 53.7 Å². The van der Waals surface area contributed by atoms with Gasteiger partial charge in [0, 0.05) is 11.1 Å². The van der Waals surface area contributed by atoms with Crippen LogP contribution in [0.4, 0.5) is 5.69 Å². The fraction of sp³-hybridized carbons (Fsp3) is 0.481. The quantitative estimate of drug-likeness (QED) is 0.299. The molecule has 0 bridgehead atoms. The Morgan fingerprint density at radius 3 is 2.54 bits per heavy atom. The van der Waals surface area contributed by atoms with Gasteiger partial charge in [0.2, 0.25) is 0 Å². The van der Waals surface area contributed by atoms with E-state index in [0.717, 1.165) is 9.71 Å². The van der Waals surface area contributed by atoms with Crippen LogP contribution in [0.3, 0.4) is 0 Å². The van der Waals surface area contributed by atoms with Gasteiger partial charge in [-0.25, -0.2) is 12.7 Å². The van der Waals surface area contributed by atoms with Crippen LogP contribution in [-0.2, 0) is 29.8 Å². The van der Waals surface area contributed by atoms with Crippen molar-refractivity contribution in [3.05, 3.63) is 59.2 Å². The third kappa shape index (κ3) is 6.24. The normalized spacial score (nSPS) is 22.6. The van der Waals surface area contributed by atoms with E-state index in [0.29, 0.717) is 43.6 Å². The van der Waals surface area contributed by atoms with Crippen LogP contribution in [0.5, 0.6) is 5.75 Å². The highest BCUT2D eigenvalue weighted by atomic mass is 32.2. The van der Waals surface area contributed by atoms with E-state index in [1.807, 2.05) is 27.7 Å². The molecule has 1 heterocycles. The molecule has 2 amide bonds. The van der Waals surface area contributed by atoms with Gasteiger partial charge in [-0.2, -0.15) is 0 Å². The van der Waals surface area contributed by atoms with Gasteiger partial charge in [0.15, 0.2) is 0 Å². The molecular weight excluding hydrogens is 496 g/mol. The van der Waals surface area contributed by atoms with Crippen molar-refractivity contribution in [3.63, 3.8) is 0 Å². The topological polar surface area (TPSA) is 122 Å². The van der Waals surface area contributed by atoms with Crippen LogP contribution < -0.4 is 14.4 Å². The molecule has 0 radical (unpaired) electrons. The first-order valence-corrected chi connectivity index (χ1v) is 13.8. The van der Waals surface area contributed by atoms with Crippen molar-refractivity contribution in [2.75, 3.05) is 18.0 Å². The highest BCUT2D eigenvalue weighted by molar-refractivity contribution is 7.96. The van der Waals surface area contributed by atoms with Gasteiger partial charge in [0.1, 0.15) is 5.75 Å². The van der Waals surface area contributed by atoms with Gasteiger partial charge >= 0.3 is 0 Å². The zero-order valence-electron chi connectivity index (χ0n) is 22.0. The van der Waals surface area contributed by atoms with E-state index < -0.39 is 38.9 Å². The fourth-order valence-electron chi connectivity index (χ4n) is 4.65. The second kappa shape index (κ2) is 11.1. The van der Waals surface area contributed by atoms with Crippen LogP contribution in [0.25, 0.3) is 0 Å². The number of aliphatic hydroxyl groups excluding tert-OH is 1. The molecule has 1 aromatic carbocycles. The predicted octanol–water partition coefficient (Wildman–Crippen LogP) is 3.45. The molecule has 2 N–H and O–H groups in total. The molecule has 202 valence electrons. The molecule has 2 aliphatic rings. The van der Waals surface area contributed by atoms with Gasteiger partial charge in [-0.3, -0.25) is 9.59 Å². The lowest BCUT2D eigenvalue weighted by Crippen LogP contribution is -2.45. The number of ether oxygens (including phenoxy) is 2. The number of carbonyl (C=O) groups is 2. The summed E-state index contributed by atoms with van der Waals surface area (Å²) in [4.78, 5) is 26.4. The summed E-state index contributed by atoms with van der Waals surface area (Å²) in [6.45, 7) is 7.76. The van der Waals surface area contributed by atoms with E-state index in [4.69, 9.17) is 9.47 Å². The van der Waals surface area contributed by atoms with Gasteiger partial charge < -0.3 is 19.9 Å². The Labute approximate surface area is 218 Å². The molecular formula is C27H36N2O7S. The number of allylic oxidation sites excluding steroid dienone is 2. The summed E-state index contributed by atoms with van der Waals surface area (Å²) >= 11 is 0. The van der Waals surface area contributed by atoms with Crippen molar-refractivity contribution in [2.24, 2.45) is 0 Å². The van der Waals surface area contributed by atoms with Crippen LogP contribution in [0.2, 0.25) is 0 Å². The van der Waals surface area contributed by atoms with Crippen LogP contribution in [-0.4, -0.2) is 50.7 Å². The third-order valence-corrected chi connectivity index (χ3v) is 7.70. The Bertz CT molecular complexity index is 1220. The highest BCUT2D eigenvalue weighted by Gasteiger charge is 2.55. The van der Waals surface area contributed by atoms with Crippen molar-refractivity contribution in [2.45, 2.75) is 70.4 Å². The van der Waals surface area contributed by atoms with E-state index >= 15 is 0 Å². The number of nitrogens with one attached hydrogen (secondary N) is 1. The Hall–Kier alpha value is -3.11. The molecule has 37 heavy (non-hydrogen) atoms. The molecule has 1 fully saturated rings. The lowest BCUT2D eigenvalue weighted by atomic mass is 9.69. The first-order valence-electron chi connectivity index (χ1n) is 12.3. The summed E-state index contributed by atoms with van der Waals surface area (Å²) < 4.78 is 38.3. The lowest BCUT2D eigenvalue weighted by Gasteiger charge is -2.34. The smallest absolute Gasteiger partial charge is 0.264 e. The summed E-state index contributed by atoms with van der Waals surface area (Å²) in [7, 11) is -2.81. The highest BCUT2D eigenvalue weighted by Crippen LogP contribution is 2.52. The van der Waals surface area contributed by atoms with E-state index in [2.05, 4.69) is 5.32 Å². The van der Waals surface area contributed by atoms with Crippen molar-refractivity contribution in [1.29, 1.82) is 0 Å². The van der Waals surface area contributed by atoms with Crippen LogP contribution >= 0.6 is 0 Å². The number of methoxy groups -OCH3 is 1. The fourth-order valence-corrected chi connectivity index (χ4v) is 5.88. The molecule has 10 heteroatoms. The summed E-state index contributed by atoms with van der Waals surface area (Å²) in [5.41, 5.74) is -0.492. The number of rotatable bonds is 8. The Morgan fingerprint density at radius 2 is 1.95 bits per heavy atom. The van der Waals surface area contributed by atoms with E-state index in [1.165, 1.54) is 31.6 Å². The maximum absolute atomic E-state index is 13.7. The molecule has 0 unspecified atom stereocenters. The average molecular weight is 533 g/mol. The van der Waals surface area contributed by atoms with E-state index in [1.54, 1.807) is 18.2 Å². The number of aliphatic hydroxyl groups is 1. The van der Waals surface area contributed by atoms with Crippen LogP contribution in [0.1, 0.15) is 58.9 Å². The van der Waals surface area contributed by atoms with E-state index in [-0.39, 0.29) is 11.3 Å². The van der Waals surface area contributed by atoms with Gasteiger partial charge in [-0.05, 0) is 95.4 Å². The third-order valence-electron chi connectivity index (χ3n) is 6.33. The molecule has 1 saturated carbocycles. The van der Waals surface area contributed by atoms with Crippen LogP contribution in [0, 0.1) is 0 Å². The number of sulfonamides is 1. The summed E-state index contributed by atoms with van der Waals surface area (Å²) in [5.74, 6) is -0.396. The molecule has 1 aliphatic carbocycles. The molecule has 1 spiro atoms. The number of amides is 2. The maximum atomic E-state index is 13.7. The van der Waals surface area contributed by atoms with Gasteiger partial charge in [0.25, 0.3) is 21.8 Å². The summed E-state index contributed by atoms with van der Waals surface area (Å²) in [5, 5.41) is 13.8. The minimum atomic E-state index is -4.25. The monoisotopic (exact) mass is 532 g/mol. The number of fused-ring (bicyclic) bond motifs is 2. The number of nitrogens with zero attached hydrogens (tertiary/aromatic N) is 1. The zero-order chi connectivity index (χ0) is 27.4. The predicted molar refractivity (Wildman–Crippen MR) is 141 cm³/mol. The van der Waals surface area contributed by atoms with Crippen molar-refractivity contribution >= 4 is 27.5 Å². The van der Waals surface area contributed by atoms with Crippen molar-refractivity contribution < 1.29 is 32.6 Å². The zero-order valence-corrected chi connectivity index (χ0v) is 22.8. The molecule has 1 aromatic rings. The van der Waals surface area contributed by atoms with Crippen molar-refractivity contribution in [1.82, 2.24) is 5.32 Å². The second-order valence-corrected chi connectivity index (χ2v) is 11.9. The number of anilines is 1. The average Bonchev–Trinajstić information content (AvgIpc) is 3.05. The Balaban J connectivity index is 2.00. The van der Waals surface area contributed by atoms with Gasteiger partial charge in [-0.15, -0.1) is 0 Å². The number of benzene rings is 1. The van der Waals surface area contributed by atoms with E-state index in [9.17, 15) is 23.1 Å². The second-order valence-electron chi connectivity index (χ2n) is 10.2. The number of hydrogen-bond donors (Lipinski definition) is 2. The van der Waals surface area contributed by atoms with Gasteiger partial charge in [0.05, 0.1) is 42.6 Å². The molecule has 9 nitrogen and oxygen atoms in total. The molecule has 3 rings (SSSR count). The molecule has 0 atom stereocenters. The number of carbonyl (C=O) groups excluding carboxylic acids is 2. The van der Waals surface area contributed by atoms with Gasteiger partial charge in [-0.1, -0.05) is 0 Å². The number of hydrogen-bond acceptors (Lipinski definition) is 7. The van der Waals surface area contributed by atoms with Crippen molar-refractivity contribution in [3.8, 4) is 5.75 Å². The summed E-state index contributed by atoms with van der Waals surface area (Å²) in [6.07, 6.45) is 6.26. The Morgan fingerprint density at radius 1 is 1.27 bits per heavy atom. The first-order chi connectivity index (χ1) is 17.3. The lowest BCUT2D eigenvalue weighted by molar-refractivity contribution is -0.124. The first kappa shape index (κ1) is 28.5. The Kier molecular flexibility index (Phi) is 8.54. The minimum absolute atomic E-state index is 0.176. The molecule has 0 saturated heterocycles. The maximum Gasteiger partial charge on any atom is 0.264 e. The molecule has 0 aromatic heterocycles. The standard InChI is InChI=1S/C27H36N2O7S/c1-6-36-21-9-10-23-22(18-21)27(14-11-20(30)12-15-27)25(32)29(23)37(33,34)17-7-8-19(13-16-35-5)24(31)28-26(2,3)4/h7-10,13,16-18,20,30H,6,11-12,14-15H2,1-5H3,(H,28,31)/b16-13+,17-7+,19-8+. The summed E-state index contributed by atoms with van der Waals surface area (Å²) in [6, 6.07) is 4.96. The largest absolute Gasteiger partial charge is 0.504 e. The SMILES string of the molecule is CCOc1ccc2c(c1)C1(CCC(O)CC1)C(=O)N2S(=O)(=O)/C=C/C=C(\C=C\OC)C(=O)NC(C)(C)C. The molecule has 1 aliphatic heterocycles. The minimum Gasteiger partial charge on any atom is -0.504 e.